The van der Waals surface area contributed by atoms with Gasteiger partial charge in [0.05, 0.1) is 16.7 Å². The number of hydrogen-bond acceptors (Lipinski definition) is 7. The zero-order valence-corrected chi connectivity index (χ0v) is 25.6. The lowest BCUT2D eigenvalue weighted by Gasteiger charge is -2.26. The summed E-state index contributed by atoms with van der Waals surface area (Å²) in [5, 5.41) is 9.89. The molecule has 0 spiro atoms. The molecule has 3 aromatic rings. The quantitative estimate of drug-likeness (QED) is 0.219. The number of pyridine rings is 1. The maximum absolute atomic E-state index is 13.9. The van der Waals surface area contributed by atoms with Gasteiger partial charge in [-0.3, -0.25) is 19.7 Å². The van der Waals surface area contributed by atoms with Crippen molar-refractivity contribution in [2.45, 2.75) is 51.4 Å². The van der Waals surface area contributed by atoms with Crippen LogP contribution in [0.25, 0.3) is 10.8 Å². The molecule has 0 radical (unpaired) electrons. The maximum atomic E-state index is 13.9. The van der Waals surface area contributed by atoms with Crippen molar-refractivity contribution < 1.29 is 37.5 Å². The molecule has 15 heteroatoms. The largest absolute Gasteiger partial charge is 0.447 e. The van der Waals surface area contributed by atoms with Crippen LogP contribution in [-0.4, -0.2) is 76.8 Å². The van der Waals surface area contributed by atoms with E-state index < -0.39 is 47.4 Å². The first kappa shape index (κ1) is 33.3. The molecular formula is C30H33ClF2N6O6. The SMILES string of the molecule is CC(C)(C)ON(C=O)CC(=O)N[C@@H]1C[C@@H](COC(=O)Nc2cc3cc(F)ccc3cn2)N(C(=O)NCc2cccc(F)c2Cl)C1. The van der Waals surface area contributed by atoms with Crippen molar-refractivity contribution in [1.82, 2.24) is 25.6 Å². The number of rotatable bonds is 10. The minimum atomic E-state index is -0.862. The molecule has 0 bridgehead atoms. The number of urea groups is 1. The fraction of sp³-hybridized carbons (Fsp3) is 0.367. The molecule has 2 heterocycles. The molecule has 1 fully saturated rings. The normalized spacial score (nSPS) is 16.3. The van der Waals surface area contributed by atoms with Gasteiger partial charge in [0, 0.05) is 30.7 Å². The van der Waals surface area contributed by atoms with Crippen LogP contribution in [0.3, 0.4) is 0 Å². The number of hydrogen-bond donors (Lipinski definition) is 3. The highest BCUT2D eigenvalue weighted by molar-refractivity contribution is 6.31. The molecule has 1 aromatic heterocycles. The van der Waals surface area contributed by atoms with E-state index in [0.717, 1.165) is 5.06 Å². The smallest absolute Gasteiger partial charge is 0.412 e. The van der Waals surface area contributed by atoms with Gasteiger partial charge in [-0.1, -0.05) is 23.7 Å². The molecule has 1 aliphatic heterocycles. The number of ether oxygens (including phenoxy) is 1. The van der Waals surface area contributed by atoms with Gasteiger partial charge in [-0.05, 0) is 68.5 Å². The second-order valence-electron chi connectivity index (χ2n) is 11.3. The molecular weight excluding hydrogens is 614 g/mol. The number of hydroxylamine groups is 2. The molecule has 0 saturated carbocycles. The third kappa shape index (κ3) is 9.46. The van der Waals surface area contributed by atoms with Crippen LogP contribution in [0.1, 0.15) is 32.8 Å². The van der Waals surface area contributed by atoms with Crippen molar-refractivity contribution in [2.24, 2.45) is 0 Å². The Hall–Kier alpha value is -4.56. The van der Waals surface area contributed by atoms with Crippen LogP contribution in [0.2, 0.25) is 5.02 Å². The first-order valence-corrected chi connectivity index (χ1v) is 14.4. The zero-order valence-electron chi connectivity index (χ0n) is 24.8. The molecule has 2 atom stereocenters. The fourth-order valence-electron chi connectivity index (χ4n) is 4.74. The monoisotopic (exact) mass is 646 g/mol. The molecule has 1 aliphatic rings. The van der Waals surface area contributed by atoms with Crippen LogP contribution in [0, 0.1) is 11.6 Å². The number of fused-ring (bicyclic) bond motifs is 1. The van der Waals surface area contributed by atoms with Gasteiger partial charge < -0.3 is 20.3 Å². The molecule has 240 valence electrons. The number of benzene rings is 2. The van der Waals surface area contributed by atoms with Crippen LogP contribution in [-0.2, 0) is 25.7 Å². The Bertz CT molecular complexity index is 1570. The van der Waals surface area contributed by atoms with Gasteiger partial charge in [-0.25, -0.2) is 28.4 Å². The summed E-state index contributed by atoms with van der Waals surface area (Å²) in [5.41, 5.74) is -0.355. The Morgan fingerprint density at radius 2 is 1.93 bits per heavy atom. The Kier molecular flexibility index (Phi) is 10.7. The molecule has 2 aromatic carbocycles. The Morgan fingerprint density at radius 3 is 2.67 bits per heavy atom. The molecule has 4 rings (SSSR count). The van der Waals surface area contributed by atoms with Crippen LogP contribution in [0.15, 0.2) is 48.7 Å². The first-order valence-electron chi connectivity index (χ1n) is 14.0. The summed E-state index contributed by atoms with van der Waals surface area (Å²) < 4.78 is 32.9. The van der Waals surface area contributed by atoms with Crippen molar-refractivity contribution in [3.8, 4) is 0 Å². The highest BCUT2D eigenvalue weighted by atomic mass is 35.5. The van der Waals surface area contributed by atoms with Gasteiger partial charge in [0.1, 0.15) is 30.6 Å². The van der Waals surface area contributed by atoms with Crippen molar-refractivity contribution in [2.75, 3.05) is 25.0 Å². The number of amides is 5. The number of nitrogens with zero attached hydrogens (tertiary/aromatic N) is 3. The van der Waals surface area contributed by atoms with Crippen molar-refractivity contribution in [3.63, 3.8) is 0 Å². The van der Waals surface area contributed by atoms with Crippen LogP contribution >= 0.6 is 11.6 Å². The maximum Gasteiger partial charge on any atom is 0.412 e. The number of anilines is 1. The third-order valence-electron chi connectivity index (χ3n) is 6.63. The molecule has 3 N–H and O–H groups in total. The van der Waals surface area contributed by atoms with E-state index in [1.54, 1.807) is 32.9 Å². The summed E-state index contributed by atoms with van der Waals surface area (Å²) in [7, 11) is 0. The van der Waals surface area contributed by atoms with Crippen LogP contribution in [0.5, 0.6) is 0 Å². The van der Waals surface area contributed by atoms with Gasteiger partial charge >= 0.3 is 12.1 Å². The van der Waals surface area contributed by atoms with E-state index in [1.807, 2.05) is 0 Å². The second kappa shape index (κ2) is 14.5. The van der Waals surface area contributed by atoms with Crippen molar-refractivity contribution in [3.05, 3.63) is 70.9 Å². The number of nitrogens with one attached hydrogen (secondary N) is 3. The lowest BCUT2D eigenvalue weighted by Crippen LogP contribution is -2.47. The third-order valence-corrected chi connectivity index (χ3v) is 7.05. The summed E-state index contributed by atoms with van der Waals surface area (Å²) in [4.78, 5) is 60.9. The number of halogens is 3. The zero-order chi connectivity index (χ0) is 32.7. The highest BCUT2D eigenvalue weighted by Gasteiger charge is 2.37. The summed E-state index contributed by atoms with van der Waals surface area (Å²) >= 11 is 6.02. The predicted molar refractivity (Wildman–Crippen MR) is 161 cm³/mol. The first-order chi connectivity index (χ1) is 21.3. The lowest BCUT2D eigenvalue weighted by atomic mass is 10.2. The van der Waals surface area contributed by atoms with Gasteiger partial charge in [-0.15, -0.1) is 0 Å². The van der Waals surface area contributed by atoms with E-state index in [0.29, 0.717) is 22.7 Å². The molecule has 1 saturated heterocycles. The molecule has 5 amide bonds. The summed E-state index contributed by atoms with van der Waals surface area (Å²) in [6, 6.07) is 8.09. The van der Waals surface area contributed by atoms with Crippen LogP contribution < -0.4 is 16.0 Å². The number of likely N-dealkylation sites (tertiary alicyclic amines) is 1. The van der Waals surface area contributed by atoms with E-state index >= 15 is 0 Å². The Morgan fingerprint density at radius 1 is 1.16 bits per heavy atom. The minimum Gasteiger partial charge on any atom is -0.447 e. The average Bonchev–Trinajstić information content (AvgIpc) is 3.37. The molecule has 0 unspecified atom stereocenters. The molecule has 12 nitrogen and oxygen atoms in total. The van der Waals surface area contributed by atoms with E-state index in [9.17, 15) is 28.0 Å². The van der Waals surface area contributed by atoms with Crippen molar-refractivity contribution in [1.29, 1.82) is 0 Å². The topological polar surface area (TPSA) is 142 Å². The summed E-state index contributed by atoms with van der Waals surface area (Å²) in [5.74, 6) is -1.46. The van der Waals surface area contributed by atoms with Crippen molar-refractivity contribution >= 4 is 52.6 Å². The van der Waals surface area contributed by atoms with E-state index in [-0.39, 0.29) is 43.5 Å². The molecule has 0 aliphatic carbocycles. The minimum absolute atomic E-state index is 0.0448. The highest BCUT2D eigenvalue weighted by Crippen LogP contribution is 2.22. The second-order valence-corrected chi connectivity index (χ2v) is 11.7. The van der Waals surface area contributed by atoms with E-state index in [4.69, 9.17) is 21.2 Å². The van der Waals surface area contributed by atoms with E-state index in [1.165, 1.54) is 41.4 Å². The van der Waals surface area contributed by atoms with Gasteiger partial charge in [0.25, 0.3) is 0 Å². The van der Waals surface area contributed by atoms with Crippen LogP contribution in [0.4, 0.5) is 24.2 Å². The predicted octanol–water partition coefficient (Wildman–Crippen LogP) is 4.37. The van der Waals surface area contributed by atoms with Gasteiger partial charge in [-0.2, -0.15) is 0 Å². The lowest BCUT2D eigenvalue weighted by molar-refractivity contribution is -0.215. The standard InChI is InChI=1S/C30H33ClF2N6O6/c1-30(2,3)45-38(17-40)15-26(41)36-22-11-23(39(14-22)28(42)35-13-19-5-4-6-24(33)27(19)31)16-44-29(43)37-25-10-20-9-21(32)8-7-18(20)12-34-25/h4-10,12,17,22-23H,11,13-16H2,1-3H3,(H,35,42)(H,36,41)(H,34,37,43)/t22-,23+/m1/s1. The number of carbonyl (C=O) groups excluding carboxylic acids is 4. The van der Waals surface area contributed by atoms with Gasteiger partial charge in [0.15, 0.2) is 0 Å². The number of carbonyl (C=O) groups is 4. The fourth-order valence-corrected chi connectivity index (χ4v) is 4.93. The average molecular weight is 647 g/mol. The number of aromatic nitrogens is 1. The summed E-state index contributed by atoms with van der Waals surface area (Å²) in [6.45, 7) is 4.51. The Labute approximate surface area is 262 Å². The van der Waals surface area contributed by atoms with Gasteiger partial charge in [0.2, 0.25) is 12.3 Å². The van der Waals surface area contributed by atoms with E-state index in [2.05, 4.69) is 20.9 Å². The summed E-state index contributed by atoms with van der Waals surface area (Å²) in [6.07, 6.45) is 1.22. The Balaban J connectivity index is 1.40. The molecule has 45 heavy (non-hydrogen) atoms.